The van der Waals surface area contributed by atoms with Gasteiger partial charge in [-0.1, -0.05) is 23.9 Å². The molecule has 1 unspecified atom stereocenters. The van der Waals surface area contributed by atoms with Crippen molar-refractivity contribution in [2.75, 3.05) is 5.75 Å². The Labute approximate surface area is 109 Å². The van der Waals surface area contributed by atoms with Crippen LogP contribution in [0.2, 0.25) is 0 Å². The molecule has 3 N–H and O–H groups in total. The molecule has 1 aromatic carbocycles. The number of primary amides is 1. The first kappa shape index (κ1) is 12.9. The highest BCUT2D eigenvalue weighted by atomic mass is 32.2. The lowest BCUT2D eigenvalue weighted by molar-refractivity contribution is -0.115. The molecule has 0 aliphatic rings. The number of nitrogens with two attached hydrogens (primary N) is 1. The maximum Gasteiger partial charge on any atom is 0.227 e. The molecule has 1 aromatic heterocycles. The lowest BCUT2D eigenvalue weighted by Gasteiger charge is -2.10. The second kappa shape index (κ2) is 5.41. The standard InChI is InChI=1S/C12H15N3O2S/c1-8(16)6-15-10-5-3-2-4-9(10)14-12(15)18-7-11(13)17/h2-5,8,16H,6-7H2,1H3,(H2,13,17). The molecule has 0 saturated heterocycles. The average Bonchev–Trinajstić information content (AvgIpc) is 2.64. The number of amides is 1. The molecule has 2 rings (SSSR count). The summed E-state index contributed by atoms with van der Waals surface area (Å²) in [6, 6.07) is 7.68. The van der Waals surface area contributed by atoms with Crippen LogP contribution in [0.1, 0.15) is 6.92 Å². The van der Waals surface area contributed by atoms with E-state index in [2.05, 4.69) is 4.98 Å². The van der Waals surface area contributed by atoms with E-state index in [1.165, 1.54) is 11.8 Å². The molecule has 0 spiro atoms. The predicted molar refractivity (Wildman–Crippen MR) is 71.3 cm³/mol. The van der Waals surface area contributed by atoms with Gasteiger partial charge in [0.05, 0.1) is 29.4 Å². The summed E-state index contributed by atoms with van der Waals surface area (Å²) in [5, 5.41) is 10.2. The summed E-state index contributed by atoms with van der Waals surface area (Å²) in [6.45, 7) is 2.17. The Hall–Kier alpha value is -1.53. The Bertz CT molecular complexity index is 565. The van der Waals surface area contributed by atoms with E-state index in [9.17, 15) is 9.90 Å². The van der Waals surface area contributed by atoms with E-state index in [0.717, 1.165) is 11.0 Å². The second-order valence-corrected chi connectivity index (χ2v) is 5.04. The van der Waals surface area contributed by atoms with Gasteiger partial charge < -0.3 is 15.4 Å². The molecule has 2 aromatic rings. The summed E-state index contributed by atoms with van der Waals surface area (Å²) in [6.07, 6.45) is -0.476. The van der Waals surface area contributed by atoms with Gasteiger partial charge in [-0.3, -0.25) is 4.79 Å². The molecule has 18 heavy (non-hydrogen) atoms. The minimum Gasteiger partial charge on any atom is -0.392 e. The lowest BCUT2D eigenvalue weighted by Crippen LogP contribution is -2.15. The topological polar surface area (TPSA) is 81.1 Å². The Balaban J connectivity index is 2.39. The molecule has 96 valence electrons. The fourth-order valence-electron chi connectivity index (χ4n) is 1.74. The van der Waals surface area contributed by atoms with Crippen molar-refractivity contribution < 1.29 is 9.90 Å². The van der Waals surface area contributed by atoms with Crippen molar-refractivity contribution in [3.63, 3.8) is 0 Å². The maximum absolute atomic E-state index is 10.8. The summed E-state index contributed by atoms with van der Waals surface area (Å²) in [5.74, 6) is -0.195. The predicted octanol–water partition coefficient (Wildman–Crippen LogP) is 0.994. The van der Waals surface area contributed by atoms with Crippen molar-refractivity contribution in [3.05, 3.63) is 24.3 Å². The number of rotatable bonds is 5. The summed E-state index contributed by atoms with van der Waals surface area (Å²) in [5.41, 5.74) is 6.94. The van der Waals surface area contributed by atoms with Crippen LogP contribution < -0.4 is 5.73 Å². The Morgan fingerprint density at radius 3 is 2.94 bits per heavy atom. The fourth-order valence-corrected chi connectivity index (χ4v) is 2.50. The molecule has 1 heterocycles. The number of hydrogen-bond acceptors (Lipinski definition) is 4. The molecule has 1 atom stereocenters. The van der Waals surface area contributed by atoms with Crippen LogP contribution in [0.25, 0.3) is 11.0 Å². The smallest absolute Gasteiger partial charge is 0.227 e. The van der Waals surface area contributed by atoms with Crippen LogP contribution >= 0.6 is 11.8 Å². The molecule has 0 fully saturated rings. The van der Waals surface area contributed by atoms with Crippen LogP contribution in [-0.4, -0.2) is 32.4 Å². The van der Waals surface area contributed by atoms with Gasteiger partial charge in [0.1, 0.15) is 0 Å². The molecule has 0 radical (unpaired) electrons. The molecule has 0 saturated carbocycles. The van der Waals surface area contributed by atoms with Gasteiger partial charge in [0, 0.05) is 0 Å². The normalized spacial score (nSPS) is 12.8. The first-order valence-corrected chi connectivity index (χ1v) is 6.61. The van der Waals surface area contributed by atoms with Crippen molar-refractivity contribution in [1.82, 2.24) is 9.55 Å². The number of fused-ring (bicyclic) bond motifs is 1. The van der Waals surface area contributed by atoms with Gasteiger partial charge in [0.2, 0.25) is 5.91 Å². The summed E-state index contributed by atoms with van der Waals surface area (Å²) < 4.78 is 1.91. The number of benzene rings is 1. The van der Waals surface area contributed by atoms with Crippen molar-refractivity contribution >= 4 is 28.7 Å². The van der Waals surface area contributed by atoms with Crippen molar-refractivity contribution in [2.45, 2.75) is 24.7 Å². The van der Waals surface area contributed by atoms with E-state index in [4.69, 9.17) is 5.73 Å². The van der Waals surface area contributed by atoms with Crippen LogP contribution in [0.3, 0.4) is 0 Å². The summed E-state index contributed by atoms with van der Waals surface area (Å²) in [7, 11) is 0. The third-order valence-corrected chi connectivity index (χ3v) is 3.41. The van der Waals surface area contributed by atoms with Crippen molar-refractivity contribution in [2.24, 2.45) is 5.73 Å². The molecule has 0 aliphatic carbocycles. The van der Waals surface area contributed by atoms with Crippen molar-refractivity contribution in [1.29, 1.82) is 0 Å². The number of aromatic nitrogens is 2. The monoisotopic (exact) mass is 265 g/mol. The molecule has 1 amide bonds. The minimum absolute atomic E-state index is 0.184. The van der Waals surface area contributed by atoms with Gasteiger partial charge in [-0.15, -0.1) is 0 Å². The molecule has 6 heteroatoms. The van der Waals surface area contributed by atoms with Crippen LogP contribution in [0, 0.1) is 0 Å². The van der Waals surface area contributed by atoms with Gasteiger partial charge in [-0.2, -0.15) is 0 Å². The third-order valence-electron chi connectivity index (χ3n) is 2.41. The first-order chi connectivity index (χ1) is 8.58. The summed E-state index contributed by atoms with van der Waals surface area (Å²) in [4.78, 5) is 15.3. The van der Waals surface area contributed by atoms with Crippen LogP contribution in [0.5, 0.6) is 0 Å². The summed E-state index contributed by atoms with van der Waals surface area (Å²) >= 11 is 1.29. The number of carbonyl (C=O) groups excluding carboxylic acids is 1. The number of aliphatic hydroxyl groups excluding tert-OH is 1. The Morgan fingerprint density at radius 2 is 2.28 bits per heavy atom. The molecule has 5 nitrogen and oxygen atoms in total. The Kier molecular flexibility index (Phi) is 3.88. The maximum atomic E-state index is 10.8. The van der Waals surface area contributed by atoms with E-state index in [0.29, 0.717) is 11.7 Å². The van der Waals surface area contributed by atoms with E-state index in [-0.39, 0.29) is 11.7 Å². The van der Waals surface area contributed by atoms with Gasteiger partial charge in [0.25, 0.3) is 0 Å². The first-order valence-electron chi connectivity index (χ1n) is 5.62. The average molecular weight is 265 g/mol. The van der Waals surface area contributed by atoms with E-state index < -0.39 is 6.10 Å². The number of para-hydroxylation sites is 2. The number of carbonyl (C=O) groups is 1. The van der Waals surface area contributed by atoms with E-state index in [1.54, 1.807) is 6.92 Å². The van der Waals surface area contributed by atoms with Gasteiger partial charge >= 0.3 is 0 Å². The molecule has 0 bridgehead atoms. The number of imidazole rings is 1. The van der Waals surface area contributed by atoms with Crippen LogP contribution in [0.4, 0.5) is 0 Å². The lowest BCUT2D eigenvalue weighted by atomic mass is 10.3. The molecular weight excluding hydrogens is 250 g/mol. The van der Waals surface area contributed by atoms with Gasteiger partial charge in [0.15, 0.2) is 5.16 Å². The number of hydrogen-bond donors (Lipinski definition) is 2. The zero-order valence-electron chi connectivity index (χ0n) is 10.0. The fraction of sp³-hybridized carbons (Fsp3) is 0.333. The highest BCUT2D eigenvalue weighted by Gasteiger charge is 2.13. The van der Waals surface area contributed by atoms with E-state index in [1.807, 2.05) is 28.8 Å². The zero-order chi connectivity index (χ0) is 13.1. The number of aliphatic hydroxyl groups is 1. The molecule has 0 aliphatic heterocycles. The number of thioether (sulfide) groups is 1. The number of nitrogens with zero attached hydrogens (tertiary/aromatic N) is 2. The van der Waals surface area contributed by atoms with E-state index >= 15 is 0 Å². The Morgan fingerprint density at radius 1 is 1.56 bits per heavy atom. The highest BCUT2D eigenvalue weighted by molar-refractivity contribution is 7.99. The SMILES string of the molecule is CC(O)Cn1c(SCC(N)=O)nc2ccccc21. The quantitative estimate of drug-likeness (QED) is 0.790. The minimum atomic E-state index is -0.476. The van der Waals surface area contributed by atoms with Crippen LogP contribution in [-0.2, 0) is 11.3 Å². The van der Waals surface area contributed by atoms with Gasteiger partial charge in [-0.05, 0) is 19.1 Å². The van der Waals surface area contributed by atoms with Crippen molar-refractivity contribution in [3.8, 4) is 0 Å². The zero-order valence-corrected chi connectivity index (χ0v) is 10.9. The molecular formula is C12H15N3O2S. The van der Waals surface area contributed by atoms with Gasteiger partial charge in [-0.25, -0.2) is 4.98 Å². The second-order valence-electron chi connectivity index (χ2n) is 4.10. The third kappa shape index (κ3) is 2.83. The largest absolute Gasteiger partial charge is 0.392 e. The highest BCUT2D eigenvalue weighted by Crippen LogP contribution is 2.24. The van der Waals surface area contributed by atoms with Crippen LogP contribution in [0.15, 0.2) is 29.4 Å².